The Bertz CT molecular complexity index is 323. The fraction of sp³-hybridized carbons (Fsp3) is 0.538. The number of hydrogen-bond donors (Lipinski definition) is 1. The van der Waals surface area contributed by atoms with Crippen LogP contribution in [-0.4, -0.2) is 19.3 Å². The second-order valence-electron chi connectivity index (χ2n) is 3.77. The zero-order chi connectivity index (χ0) is 12.0. The molecule has 3 nitrogen and oxygen atoms in total. The predicted octanol–water partition coefficient (Wildman–Crippen LogP) is 2.93. The molecule has 0 saturated carbocycles. The van der Waals surface area contributed by atoms with Gasteiger partial charge in [-0.05, 0) is 24.1 Å². The Morgan fingerprint density at radius 1 is 1.19 bits per heavy atom. The van der Waals surface area contributed by atoms with Gasteiger partial charge in [-0.15, -0.1) is 0 Å². The van der Waals surface area contributed by atoms with Gasteiger partial charge in [0, 0.05) is 0 Å². The van der Waals surface area contributed by atoms with Crippen LogP contribution in [-0.2, 0) is 0 Å². The molecule has 0 aliphatic heterocycles. The molecule has 1 aromatic carbocycles. The second-order valence-corrected chi connectivity index (χ2v) is 3.77. The van der Waals surface area contributed by atoms with E-state index in [1.54, 1.807) is 14.2 Å². The van der Waals surface area contributed by atoms with Gasteiger partial charge in [-0.1, -0.05) is 25.8 Å². The van der Waals surface area contributed by atoms with E-state index in [0.717, 1.165) is 24.8 Å². The number of benzene rings is 1. The van der Waals surface area contributed by atoms with Crippen LogP contribution in [0.2, 0.25) is 0 Å². The van der Waals surface area contributed by atoms with Crippen molar-refractivity contribution in [2.24, 2.45) is 0 Å². The predicted molar refractivity (Wildman–Crippen MR) is 64.0 cm³/mol. The summed E-state index contributed by atoms with van der Waals surface area (Å²) in [6, 6.07) is 5.53. The summed E-state index contributed by atoms with van der Waals surface area (Å²) in [4.78, 5) is 0. The van der Waals surface area contributed by atoms with Crippen LogP contribution >= 0.6 is 0 Å². The molecule has 0 fully saturated rings. The van der Waals surface area contributed by atoms with Crippen LogP contribution < -0.4 is 9.47 Å². The summed E-state index contributed by atoms with van der Waals surface area (Å²) >= 11 is 0. The molecular weight excluding hydrogens is 204 g/mol. The van der Waals surface area contributed by atoms with Crippen molar-refractivity contribution in [1.29, 1.82) is 0 Å². The molecule has 1 atom stereocenters. The number of hydrogen-bond acceptors (Lipinski definition) is 3. The molecule has 0 saturated heterocycles. The highest BCUT2D eigenvalue weighted by Crippen LogP contribution is 2.31. The number of rotatable bonds is 6. The Kier molecular flexibility index (Phi) is 5.12. The molecule has 1 rings (SSSR count). The van der Waals surface area contributed by atoms with E-state index in [1.165, 1.54) is 0 Å². The minimum Gasteiger partial charge on any atom is -0.493 e. The highest BCUT2D eigenvalue weighted by Gasteiger charge is 2.10. The van der Waals surface area contributed by atoms with E-state index in [1.807, 2.05) is 18.2 Å². The fourth-order valence-electron chi connectivity index (χ4n) is 1.62. The van der Waals surface area contributed by atoms with Gasteiger partial charge in [0.2, 0.25) is 0 Å². The summed E-state index contributed by atoms with van der Waals surface area (Å²) in [6.07, 6.45) is 2.48. The third kappa shape index (κ3) is 3.14. The molecule has 16 heavy (non-hydrogen) atoms. The topological polar surface area (TPSA) is 38.7 Å². The molecule has 0 bridgehead atoms. The van der Waals surface area contributed by atoms with E-state index in [2.05, 4.69) is 6.92 Å². The molecular formula is C13H20O3. The Hall–Kier alpha value is -1.22. The van der Waals surface area contributed by atoms with Crippen LogP contribution in [0.25, 0.3) is 0 Å². The SMILES string of the molecule is CCCC[C@H](O)c1ccc(OC)c(OC)c1. The van der Waals surface area contributed by atoms with Crippen LogP contribution in [0.15, 0.2) is 18.2 Å². The van der Waals surface area contributed by atoms with Crippen LogP contribution in [0.4, 0.5) is 0 Å². The lowest BCUT2D eigenvalue weighted by Crippen LogP contribution is -1.99. The van der Waals surface area contributed by atoms with Gasteiger partial charge in [0.1, 0.15) is 0 Å². The van der Waals surface area contributed by atoms with Gasteiger partial charge >= 0.3 is 0 Å². The average Bonchev–Trinajstić information content (AvgIpc) is 2.34. The van der Waals surface area contributed by atoms with Crippen LogP contribution in [0.3, 0.4) is 0 Å². The first-order valence-electron chi connectivity index (χ1n) is 5.63. The van der Waals surface area contributed by atoms with E-state index >= 15 is 0 Å². The van der Waals surface area contributed by atoms with Crippen molar-refractivity contribution in [3.05, 3.63) is 23.8 Å². The van der Waals surface area contributed by atoms with Crippen LogP contribution in [0.5, 0.6) is 11.5 Å². The molecule has 1 aromatic rings. The summed E-state index contributed by atoms with van der Waals surface area (Å²) in [7, 11) is 3.20. The van der Waals surface area contributed by atoms with Crippen molar-refractivity contribution in [3.8, 4) is 11.5 Å². The van der Waals surface area contributed by atoms with Crippen LogP contribution in [0.1, 0.15) is 37.9 Å². The molecule has 3 heteroatoms. The summed E-state index contributed by atoms with van der Waals surface area (Å²) in [5.41, 5.74) is 0.881. The van der Waals surface area contributed by atoms with Crippen molar-refractivity contribution in [2.75, 3.05) is 14.2 Å². The second kappa shape index (κ2) is 6.38. The summed E-state index contributed by atoms with van der Waals surface area (Å²) in [6.45, 7) is 2.11. The normalized spacial score (nSPS) is 12.2. The first kappa shape index (κ1) is 12.8. The molecule has 1 N–H and O–H groups in total. The Labute approximate surface area is 97.0 Å². The first-order chi connectivity index (χ1) is 7.72. The van der Waals surface area contributed by atoms with Gasteiger partial charge in [-0.25, -0.2) is 0 Å². The third-order valence-electron chi connectivity index (χ3n) is 2.62. The van der Waals surface area contributed by atoms with Crippen molar-refractivity contribution in [2.45, 2.75) is 32.3 Å². The molecule has 0 aromatic heterocycles. The van der Waals surface area contributed by atoms with Crippen molar-refractivity contribution >= 4 is 0 Å². The maximum Gasteiger partial charge on any atom is 0.161 e. The van der Waals surface area contributed by atoms with Gasteiger partial charge in [0.05, 0.1) is 20.3 Å². The van der Waals surface area contributed by atoms with Crippen molar-refractivity contribution in [1.82, 2.24) is 0 Å². The minimum atomic E-state index is -0.417. The fourth-order valence-corrected chi connectivity index (χ4v) is 1.62. The van der Waals surface area contributed by atoms with Gasteiger partial charge in [-0.3, -0.25) is 0 Å². The maximum absolute atomic E-state index is 9.94. The summed E-state index contributed by atoms with van der Waals surface area (Å²) < 4.78 is 10.3. The first-order valence-corrected chi connectivity index (χ1v) is 5.63. The Morgan fingerprint density at radius 2 is 1.88 bits per heavy atom. The lowest BCUT2D eigenvalue weighted by Gasteiger charge is -2.13. The third-order valence-corrected chi connectivity index (χ3v) is 2.62. The molecule has 0 amide bonds. The molecule has 0 spiro atoms. The number of aliphatic hydroxyl groups excluding tert-OH is 1. The van der Waals surface area contributed by atoms with Crippen molar-refractivity contribution < 1.29 is 14.6 Å². The van der Waals surface area contributed by atoms with E-state index in [0.29, 0.717) is 11.5 Å². The Morgan fingerprint density at radius 3 is 2.44 bits per heavy atom. The zero-order valence-corrected chi connectivity index (χ0v) is 10.2. The highest BCUT2D eigenvalue weighted by atomic mass is 16.5. The quantitative estimate of drug-likeness (QED) is 0.807. The maximum atomic E-state index is 9.94. The van der Waals surface area contributed by atoms with E-state index in [9.17, 15) is 5.11 Å². The van der Waals surface area contributed by atoms with E-state index in [4.69, 9.17) is 9.47 Å². The van der Waals surface area contributed by atoms with Crippen molar-refractivity contribution in [3.63, 3.8) is 0 Å². The number of ether oxygens (including phenoxy) is 2. The number of unbranched alkanes of at least 4 members (excludes halogenated alkanes) is 1. The highest BCUT2D eigenvalue weighted by molar-refractivity contribution is 5.43. The summed E-state index contributed by atoms with van der Waals surface area (Å²) in [5, 5.41) is 9.94. The van der Waals surface area contributed by atoms with Gasteiger partial charge < -0.3 is 14.6 Å². The number of methoxy groups -OCH3 is 2. The summed E-state index contributed by atoms with van der Waals surface area (Å²) in [5.74, 6) is 1.35. The monoisotopic (exact) mass is 224 g/mol. The Balaban J connectivity index is 2.81. The average molecular weight is 224 g/mol. The largest absolute Gasteiger partial charge is 0.493 e. The molecule has 0 radical (unpaired) electrons. The molecule has 0 unspecified atom stereocenters. The van der Waals surface area contributed by atoms with Gasteiger partial charge in [-0.2, -0.15) is 0 Å². The molecule has 90 valence electrons. The molecule has 0 aliphatic rings. The molecule has 0 heterocycles. The lowest BCUT2D eigenvalue weighted by molar-refractivity contribution is 0.163. The van der Waals surface area contributed by atoms with Gasteiger partial charge in [0.25, 0.3) is 0 Å². The van der Waals surface area contributed by atoms with E-state index < -0.39 is 6.10 Å². The lowest BCUT2D eigenvalue weighted by atomic mass is 10.0. The minimum absolute atomic E-state index is 0.417. The smallest absolute Gasteiger partial charge is 0.161 e. The zero-order valence-electron chi connectivity index (χ0n) is 10.2. The molecule has 0 aliphatic carbocycles. The standard InChI is InChI=1S/C13H20O3/c1-4-5-6-11(14)10-7-8-12(15-2)13(9-10)16-3/h7-9,11,14H,4-6H2,1-3H3/t11-/m0/s1. The van der Waals surface area contributed by atoms with E-state index in [-0.39, 0.29) is 0 Å². The number of aliphatic hydroxyl groups is 1. The van der Waals surface area contributed by atoms with Crippen LogP contribution in [0, 0.1) is 0 Å². The van der Waals surface area contributed by atoms with Gasteiger partial charge in [0.15, 0.2) is 11.5 Å².